The molecule has 1 aliphatic rings. The lowest BCUT2D eigenvalue weighted by Gasteiger charge is -2.05. The fourth-order valence-electron chi connectivity index (χ4n) is 2.15. The smallest absolute Gasteiger partial charge is 0.194 e. The van der Waals surface area contributed by atoms with E-state index < -0.39 is 5.97 Å². The van der Waals surface area contributed by atoms with Gasteiger partial charge >= 0.3 is 0 Å². The van der Waals surface area contributed by atoms with Gasteiger partial charge in [-0.15, -0.1) is 0 Å². The Morgan fingerprint density at radius 1 is 0.882 bits per heavy atom. The lowest BCUT2D eigenvalue weighted by Crippen LogP contribution is -2.22. The van der Waals surface area contributed by atoms with Crippen molar-refractivity contribution in [2.45, 2.75) is 0 Å². The monoisotopic (exact) mass is 223 g/mol. The molecular weight excluding hydrogens is 216 g/mol. The molecule has 0 bridgehead atoms. The van der Waals surface area contributed by atoms with E-state index in [2.05, 4.69) is 0 Å². The lowest BCUT2D eigenvalue weighted by molar-refractivity contribution is -0.255. The molecule has 0 unspecified atom stereocenters. The Morgan fingerprint density at radius 2 is 1.53 bits per heavy atom. The summed E-state index contributed by atoms with van der Waals surface area (Å²) >= 11 is 0. The fraction of sp³-hybridized carbons (Fsp3) is 0. The van der Waals surface area contributed by atoms with Gasteiger partial charge in [-0.1, -0.05) is 30.3 Å². The van der Waals surface area contributed by atoms with E-state index in [-0.39, 0.29) is 11.3 Å². The summed E-state index contributed by atoms with van der Waals surface area (Å²) in [7, 11) is 0. The van der Waals surface area contributed by atoms with Crippen LogP contribution in [0.15, 0.2) is 42.5 Å². The van der Waals surface area contributed by atoms with Crippen molar-refractivity contribution in [2.24, 2.45) is 0 Å². The molecule has 82 valence electrons. The van der Waals surface area contributed by atoms with Crippen LogP contribution in [0.5, 0.6) is 0 Å². The van der Waals surface area contributed by atoms with Gasteiger partial charge in [-0.2, -0.15) is 0 Å². The molecule has 2 aromatic carbocycles. The minimum atomic E-state index is -1.23. The van der Waals surface area contributed by atoms with Gasteiger partial charge in [-0.3, -0.25) is 4.79 Å². The molecule has 0 heterocycles. The molecule has 0 amide bonds. The third-order valence-corrected chi connectivity index (χ3v) is 2.96. The summed E-state index contributed by atoms with van der Waals surface area (Å²) in [5.74, 6) is -1.29. The van der Waals surface area contributed by atoms with Crippen molar-refractivity contribution in [3.05, 3.63) is 59.2 Å². The SMILES string of the molecule is O=C([O-])c1ccc2c(c1)-c1ccccc1C2=O. The topological polar surface area (TPSA) is 57.2 Å². The second-order valence-electron chi connectivity index (χ2n) is 3.92. The summed E-state index contributed by atoms with van der Waals surface area (Å²) in [6.07, 6.45) is 0. The lowest BCUT2D eigenvalue weighted by atomic mass is 10.0. The van der Waals surface area contributed by atoms with Crippen molar-refractivity contribution in [2.75, 3.05) is 0 Å². The van der Waals surface area contributed by atoms with E-state index in [9.17, 15) is 14.7 Å². The van der Waals surface area contributed by atoms with Crippen LogP contribution in [0, 0.1) is 0 Å². The average Bonchev–Trinajstić information content (AvgIpc) is 2.64. The first-order chi connectivity index (χ1) is 8.18. The van der Waals surface area contributed by atoms with Gasteiger partial charge in [0.2, 0.25) is 0 Å². The molecule has 3 rings (SSSR count). The van der Waals surface area contributed by atoms with Gasteiger partial charge in [0.25, 0.3) is 0 Å². The van der Waals surface area contributed by atoms with Gasteiger partial charge in [-0.05, 0) is 28.8 Å². The van der Waals surface area contributed by atoms with Crippen LogP contribution < -0.4 is 5.11 Å². The normalized spacial score (nSPS) is 12.1. The fourth-order valence-corrected chi connectivity index (χ4v) is 2.15. The minimum Gasteiger partial charge on any atom is -0.545 e. The van der Waals surface area contributed by atoms with Crippen molar-refractivity contribution in [1.82, 2.24) is 0 Å². The molecule has 0 saturated heterocycles. The molecule has 2 aromatic rings. The summed E-state index contributed by atoms with van der Waals surface area (Å²) in [4.78, 5) is 22.8. The molecule has 0 spiro atoms. The maximum absolute atomic E-state index is 12.0. The predicted octanol–water partition coefficient (Wildman–Crippen LogP) is 1.26. The van der Waals surface area contributed by atoms with E-state index in [4.69, 9.17) is 0 Å². The largest absolute Gasteiger partial charge is 0.545 e. The molecule has 3 heteroatoms. The molecule has 0 saturated carbocycles. The summed E-state index contributed by atoms with van der Waals surface area (Å²) < 4.78 is 0. The van der Waals surface area contributed by atoms with Crippen LogP contribution in [-0.2, 0) is 0 Å². The molecule has 3 nitrogen and oxygen atoms in total. The first-order valence-corrected chi connectivity index (χ1v) is 5.18. The molecule has 1 aliphatic carbocycles. The van der Waals surface area contributed by atoms with Crippen LogP contribution in [0.1, 0.15) is 26.3 Å². The number of fused-ring (bicyclic) bond motifs is 3. The molecule has 0 fully saturated rings. The van der Waals surface area contributed by atoms with E-state index in [1.54, 1.807) is 18.2 Å². The second-order valence-corrected chi connectivity index (χ2v) is 3.92. The third-order valence-electron chi connectivity index (χ3n) is 2.96. The minimum absolute atomic E-state index is 0.0551. The van der Waals surface area contributed by atoms with Crippen LogP contribution >= 0.6 is 0 Å². The van der Waals surface area contributed by atoms with E-state index >= 15 is 0 Å². The van der Waals surface area contributed by atoms with Crippen LogP contribution in [0.4, 0.5) is 0 Å². The molecule has 0 N–H and O–H groups in total. The Morgan fingerprint density at radius 3 is 2.24 bits per heavy atom. The quantitative estimate of drug-likeness (QED) is 0.624. The standard InChI is InChI=1S/C14H8O3/c15-13-10-4-2-1-3-9(10)12-7-8(14(16)17)5-6-11(12)13/h1-7H,(H,16,17)/p-1. The zero-order valence-electron chi connectivity index (χ0n) is 8.77. The van der Waals surface area contributed by atoms with Crippen LogP contribution in [0.25, 0.3) is 11.1 Å². The number of rotatable bonds is 1. The van der Waals surface area contributed by atoms with Crippen LogP contribution in [0.3, 0.4) is 0 Å². The average molecular weight is 223 g/mol. The summed E-state index contributed by atoms with van der Waals surface area (Å²) in [6, 6.07) is 11.6. The van der Waals surface area contributed by atoms with Gasteiger partial charge in [0.15, 0.2) is 5.78 Å². The van der Waals surface area contributed by atoms with E-state index in [1.807, 2.05) is 12.1 Å². The number of carboxylic acid groups (broad SMARTS) is 1. The maximum atomic E-state index is 12.0. The third kappa shape index (κ3) is 1.29. The highest BCUT2D eigenvalue weighted by molar-refractivity contribution is 6.22. The maximum Gasteiger partial charge on any atom is 0.194 e. The summed E-state index contributed by atoms with van der Waals surface area (Å²) in [6.45, 7) is 0. The Hall–Kier alpha value is -2.42. The number of ketones is 1. The molecule has 0 atom stereocenters. The van der Waals surface area contributed by atoms with Gasteiger partial charge in [0.1, 0.15) is 0 Å². The number of hydrogen-bond donors (Lipinski definition) is 0. The van der Waals surface area contributed by atoms with E-state index in [0.29, 0.717) is 16.7 Å². The number of benzene rings is 2. The van der Waals surface area contributed by atoms with Crippen molar-refractivity contribution in [3.8, 4) is 11.1 Å². The van der Waals surface area contributed by atoms with E-state index in [1.165, 1.54) is 12.1 Å². The van der Waals surface area contributed by atoms with Gasteiger partial charge in [0, 0.05) is 11.1 Å². The zero-order valence-corrected chi connectivity index (χ0v) is 8.77. The molecule has 17 heavy (non-hydrogen) atoms. The van der Waals surface area contributed by atoms with Crippen molar-refractivity contribution < 1.29 is 14.7 Å². The van der Waals surface area contributed by atoms with Crippen LogP contribution in [-0.4, -0.2) is 11.8 Å². The predicted molar refractivity (Wildman–Crippen MR) is 59.6 cm³/mol. The molecule has 0 aromatic heterocycles. The Bertz CT molecular complexity index is 656. The highest BCUT2D eigenvalue weighted by Gasteiger charge is 2.25. The van der Waals surface area contributed by atoms with Gasteiger partial charge in [0.05, 0.1) is 5.97 Å². The summed E-state index contributed by atoms with van der Waals surface area (Å²) in [5.41, 5.74) is 2.73. The first-order valence-electron chi connectivity index (χ1n) is 5.18. The highest BCUT2D eigenvalue weighted by Crippen LogP contribution is 2.36. The van der Waals surface area contributed by atoms with Gasteiger partial charge < -0.3 is 9.90 Å². The Kier molecular flexibility index (Phi) is 1.89. The number of carbonyl (C=O) groups is 2. The number of carboxylic acids is 1. The zero-order chi connectivity index (χ0) is 12.0. The number of aromatic carboxylic acids is 1. The van der Waals surface area contributed by atoms with Crippen molar-refractivity contribution >= 4 is 11.8 Å². The molecule has 0 radical (unpaired) electrons. The highest BCUT2D eigenvalue weighted by atomic mass is 16.4. The second kappa shape index (κ2) is 3.28. The Balaban J connectivity index is 2.31. The van der Waals surface area contributed by atoms with Gasteiger partial charge in [-0.25, -0.2) is 0 Å². The van der Waals surface area contributed by atoms with E-state index in [0.717, 1.165) is 5.56 Å². The summed E-state index contributed by atoms with van der Waals surface area (Å²) in [5, 5.41) is 10.8. The van der Waals surface area contributed by atoms with Crippen molar-refractivity contribution in [1.29, 1.82) is 0 Å². The van der Waals surface area contributed by atoms with Crippen LogP contribution in [0.2, 0.25) is 0 Å². The first kappa shape index (κ1) is 9.78. The number of hydrogen-bond acceptors (Lipinski definition) is 3. The van der Waals surface area contributed by atoms with Crippen molar-refractivity contribution in [3.63, 3.8) is 0 Å². The number of carbonyl (C=O) groups excluding carboxylic acids is 2. The molecule has 0 aliphatic heterocycles. The Labute approximate surface area is 97.3 Å². The molecular formula is C14H7O3-.